The maximum Gasteiger partial charge on any atom is 0.293 e. The Bertz CT molecular complexity index is 718. The molecule has 0 amide bonds. The highest BCUT2D eigenvalue weighted by Gasteiger charge is 2.28. The molecule has 20 heavy (non-hydrogen) atoms. The van der Waals surface area contributed by atoms with Crippen LogP contribution in [0.2, 0.25) is 0 Å². The quantitative estimate of drug-likeness (QED) is 0.898. The molecular formula is C13H15N5OS. The molecule has 3 heterocycles. The van der Waals surface area contributed by atoms with E-state index in [0.717, 1.165) is 36.4 Å². The Kier molecular flexibility index (Phi) is 2.56. The summed E-state index contributed by atoms with van der Waals surface area (Å²) >= 11 is 1.51. The van der Waals surface area contributed by atoms with Gasteiger partial charge in [-0.1, -0.05) is 0 Å². The number of hydrogen-bond acceptors (Lipinski definition) is 6. The van der Waals surface area contributed by atoms with Crippen molar-refractivity contribution in [2.24, 2.45) is 0 Å². The molecule has 6 nitrogen and oxygen atoms in total. The molecule has 0 atom stereocenters. The highest BCUT2D eigenvalue weighted by Crippen LogP contribution is 2.33. The second-order valence-corrected chi connectivity index (χ2v) is 6.40. The first-order valence-electron chi connectivity index (χ1n) is 6.78. The lowest BCUT2D eigenvalue weighted by molar-refractivity contribution is 0.665. The van der Waals surface area contributed by atoms with E-state index >= 15 is 0 Å². The predicted molar refractivity (Wildman–Crippen MR) is 78.0 cm³/mol. The molecule has 0 spiro atoms. The lowest BCUT2D eigenvalue weighted by Crippen LogP contribution is -2.36. The first kappa shape index (κ1) is 11.9. The number of nitrogens with zero attached hydrogens (tertiary/aromatic N) is 4. The van der Waals surface area contributed by atoms with Gasteiger partial charge in [0.2, 0.25) is 0 Å². The lowest BCUT2D eigenvalue weighted by Gasteiger charge is -2.26. The number of rotatable bonds is 2. The van der Waals surface area contributed by atoms with Gasteiger partial charge in [0.15, 0.2) is 10.9 Å². The molecule has 4 rings (SSSR count). The van der Waals surface area contributed by atoms with E-state index in [1.54, 1.807) is 12.4 Å². The molecule has 104 valence electrons. The Labute approximate surface area is 119 Å². The number of hydrogen-bond donors (Lipinski definition) is 1. The van der Waals surface area contributed by atoms with Crippen molar-refractivity contribution in [1.29, 1.82) is 0 Å². The zero-order valence-corrected chi connectivity index (χ0v) is 11.8. The molecule has 1 aliphatic heterocycles. The van der Waals surface area contributed by atoms with Crippen molar-refractivity contribution in [2.45, 2.75) is 31.8 Å². The number of aromatic nitrogens is 3. The summed E-state index contributed by atoms with van der Waals surface area (Å²) < 4.78 is 1.82. The number of anilines is 2. The van der Waals surface area contributed by atoms with Gasteiger partial charge in [0.1, 0.15) is 0 Å². The van der Waals surface area contributed by atoms with Crippen LogP contribution >= 0.6 is 11.3 Å². The van der Waals surface area contributed by atoms with Gasteiger partial charge >= 0.3 is 0 Å². The summed E-state index contributed by atoms with van der Waals surface area (Å²) in [5.74, 6) is 0.553. The molecule has 0 unspecified atom stereocenters. The molecule has 0 radical (unpaired) electrons. The number of fused-ring (bicyclic) bond motifs is 1. The smallest absolute Gasteiger partial charge is 0.293 e. The van der Waals surface area contributed by atoms with Crippen molar-refractivity contribution in [3.8, 4) is 0 Å². The molecule has 2 N–H and O–H groups in total. The fourth-order valence-electron chi connectivity index (χ4n) is 2.67. The van der Waals surface area contributed by atoms with Crippen LogP contribution in [0.25, 0.3) is 0 Å². The monoisotopic (exact) mass is 289 g/mol. The fraction of sp³-hybridized carbons (Fsp3) is 0.462. The standard InChI is InChI=1S/C13H15N5OS/c14-13-16-9-3-5-17(7-10(9)20-13)11-12(19)18(6-4-15-11)8-1-2-8/h4,6,8H,1-3,5,7H2,(H2,14,16). The molecule has 7 heteroatoms. The second-order valence-electron chi connectivity index (χ2n) is 5.29. The Balaban J connectivity index is 1.69. The average Bonchev–Trinajstić information content (AvgIpc) is 3.20. The van der Waals surface area contributed by atoms with E-state index < -0.39 is 0 Å². The Morgan fingerprint density at radius 1 is 1.40 bits per heavy atom. The van der Waals surface area contributed by atoms with Gasteiger partial charge in [0, 0.05) is 36.3 Å². The maximum atomic E-state index is 12.5. The van der Waals surface area contributed by atoms with Crippen LogP contribution < -0.4 is 16.2 Å². The van der Waals surface area contributed by atoms with Gasteiger partial charge in [-0.2, -0.15) is 0 Å². The van der Waals surface area contributed by atoms with Gasteiger partial charge in [0.05, 0.1) is 12.2 Å². The molecular weight excluding hydrogens is 274 g/mol. The van der Waals surface area contributed by atoms with E-state index in [2.05, 4.69) is 9.97 Å². The molecule has 2 aromatic rings. The van der Waals surface area contributed by atoms with Crippen molar-refractivity contribution in [3.05, 3.63) is 33.3 Å². The van der Waals surface area contributed by atoms with Crippen LogP contribution in [0.15, 0.2) is 17.2 Å². The van der Waals surface area contributed by atoms with Crippen LogP contribution in [0, 0.1) is 0 Å². The summed E-state index contributed by atoms with van der Waals surface area (Å²) in [6.07, 6.45) is 6.54. The van der Waals surface area contributed by atoms with Gasteiger partial charge in [-0.25, -0.2) is 9.97 Å². The average molecular weight is 289 g/mol. The van der Waals surface area contributed by atoms with Gasteiger partial charge in [0.25, 0.3) is 5.56 Å². The van der Waals surface area contributed by atoms with Crippen LogP contribution in [0.3, 0.4) is 0 Å². The summed E-state index contributed by atoms with van der Waals surface area (Å²) in [5, 5.41) is 0.605. The lowest BCUT2D eigenvalue weighted by atomic mass is 10.2. The minimum absolute atomic E-state index is 0.0240. The van der Waals surface area contributed by atoms with E-state index in [0.29, 0.717) is 23.5 Å². The second kappa shape index (κ2) is 4.31. The van der Waals surface area contributed by atoms with Gasteiger partial charge in [-0.05, 0) is 12.8 Å². The number of nitrogens with two attached hydrogens (primary N) is 1. The predicted octanol–water partition coefficient (Wildman–Crippen LogP) is 1.18. The van der Waals surface area contributed by atoms with E-state index in [1.165, 1.54) is 11.3 Å². The van der Waals surface area contributed by atoms with Crippen LogP contribution in [-0.2, 0) is 13.0 Å². The highest BCUT2D eigenvalue weighted by atomic mass is 32.1. The van der Waals surface area contributed by atoms with Crippen molar-refractivity contribution < 1.29 is 0 Å². The first-order chi connectivity index (χ1) is 9.72. The van der Waals surface area contributed by atoms with E-state index in [4.69, 9.17) is 5.73 Å². The van der Waals surface area contributed by atoms with Crippen LogP contribution in [-0.4, -0.2) is 21.1 Å². The molecule has 0 bridgehead atoms. The topological polar surface area (TPSA) is 77.0 Å². The molecule has 2 aromatic heterocycles. The van der Waals surface area contributed by atoms with Gasteiger partial charge < -0.3 is 15.2 Å². The summed E-state index contributed by atoms with van der Waals surface area (Å²) in [7, 11) is 0. The third-order valence-corrected chi connectivity index (χ3v) is 4.75. The summed E-state index contributed by atoms with van der Waals surface area (Å²) in [4.78, 5) is 24.3. The third-order valence-electron chi connectivity index (χ3n) is 3.84. The van der Waals surface area contributed by atoms with E-state index in [9.17, 15) is 4.79 Å². The molecule has 2 aliphatic rings. The minimum Gasteiger partial charge on any atom is -0.375 e. The first-order valence-corrected chi connectivity index (χ1v) is 7.60. The van der Waals surface area contributed by atoms with Crippen LogP contribution in [0.5, 0.6) is 0 Å². The molecule has 1 fully saturated rings. The maximum absolute atomic E-state index is 12.5. The zero-order valence-electron chi connectivity index (χ0n) is 11.0. The zero-order chi connectivity index (χ0) is 13.7. The van der Waals surface area contributed by atoms with Crippen molar-refractivity contribution in [2.75, 3.05) is 17.2 Å². The third kappa shape index (κ3) is 1.89. The van der Waals surface area contributed by atoms with Crippen molar-refractivity contribution >= 4 is 22.3 Å². The normalized spacial score (nSPS) is 18.1. The molecule has 0 aromatic carbocycles. The van der Waals surface area contributed by atoms with Crippen molar-refractivity contribution in [3.63, 3.8) is 0 Å². The highest BCUT2D eigenvalue weighted by molar-refractivity contribution is 7.15. The Morgan fingerprint density at radius 3 is 3.05 bits per heavy atom. The van der Waals surface area contributed by atoms with E-state index in [-0.39, 0.29) is 5.56 Å². The van der Waals surface area contributed by atoms with E-state index in [1.807, 2.05) is 9.47 Å². The summed E-state index contributed by atoms with van der Waals surface area (Å²) in [6.45, 7) is 1.45. The largest absolute Gasteiger partial charge is 0.375 e. The molecule has 1 aliphatic carbocycles. The SMILES string of the molecule is Nc1nc2c(s1)CN(c1nccn(C3CC3)c1=O)CC2. The Morgan fingerprint density at radius 2 is 2.25 bits per heavy atom. The van der Waals surface area contributed by atoms with Gasteiger partial charge in [-0.3, -0.25) is 4.79 Å². The van der Waals surface area contributed by atoms with Crippen molar-refractivity contribution in [1.82, 2.24) is 14.5 Å². The molecule has 1 saturated carbocycles. The Hall–Kier alpha value is -1.89. The molecule has 0 saturated heterocycles. The number of nitrogen functional groups attached to an aromatic ring is 1. The summed E-state index contributed by atoms with van der Waals surface area (Å²) in [6, 6.07) is 0.378. The fourth-order valence-corrected chi connectivity index (χ4v) is 3.56. The summed E-state index contributed by atoms with van der Waals surface area (Å²) in [5.41, 5.74) is 6.85. The number of thiazole rings is 1. The van der Waals surface area contributed by atoms with Crippen LogP contribution in [0.1, 0.15) is 29.5 Å². The minimum atomic E-state index is 0.0240. The van der Waals surface area contributed by atoms with Crippen LogP contribution in [0.4, 0.5) is 10.9 Å². The van der Waals surface area contributed by atoms with Gasteiger partial charge in [-0.15, -0.1) is 11.3 Å².